The number of hydrogen-bond donors (Lipinski definition) is 3. The van der Waals surface area contributed by atoms with Crippen molar-refractivity contribution in [1.82, 2.24) is 10.6 Å². The monoisotopic (exact) mass is 519 g/mol. The quantitative estimate of drug-likeness (QED) is 0.266. The van der Waals surface area contributed by atoms with Gasteiger partial charge < -0.3 is 20.5 Å². The second kappa shape index (κ2) is 13.3. The first-order chi connectivity index (χ1) is 13.5. The molecule has 3 N–H and O–H groups in total. The Morgan fingerprint density at radius 2 is 1.72 bits per heavy atom. The van der Waals surface area contributed by atoms with Crippen molar-refractivity contribution in [2.45, 2.75) is 33.0 Å². The molecule has 2 rings (SSSR count). The molecule has 1 atom stereocenters. The molecule has 0 aliphatic heterocycles. The molecule has 2 aromatic carbocycles. The van der Waals surface area contributed by atoms with Crippen LogP contribution in [0.2, 0.25) is 0 Å². The van der Waals surface area contributed by atoms with Crippen LogP contribution in [0.25, 0.3) is 0 Å². The number of nitrogens with zero attached hydrogens (tertiary/aromatic N) is 1. The number of halogens is 3. The number of ether oxygens (including phenoxy) is 1. The van der Waals surface area contributed by atoms with E-state index < -0.39 is 12.7 Å². The molecule has 8 heteroatoms. The highest BCUT2D eigenvalue weighted by Crippen LogP contribution is 2.19. The summed E-state index contributed by atoms with van der Waals surface area (Å²) in [6, 6.07) is 14.3. The van der Waals surface area contributed by atoms with Gasteiger partial charge in [0.2, 0.25) is 0 Å². The number of aliphatic hydroxyl groups is 1. The number of nitrogens with one attached hydrogen (secondary N) is 2. The van der Waals surface area contributed by atoms with E-state index in [0.29, 0.717) is 24.6 Å². The van der Waals surface area contributed by atoms with Crippen LogP contribution in [0.5, 0.6) is 5.75 Å². The van der Waals surface area contributed by atoms with Crippen LogP contribution in [0.3, 0.4) is 0 Å². The van der Waals surface area contributed by atoms with Gasteiger partial charge in [0.25, 0.3) is 0 Å². The third kappa shape index (κ3) is 9.40. The zero-order valence-electron chi connectivity index (χ0n) is 16.6. The lowest BCUT2D eigenvalue weighted by atomic mass is 10.1. The molecule has 2 aromatic rings. The van der Waals surface area contributed by atoms with Crippen molar-refractivity contribution in [3.63, 3.8) is 0 Å². The second-order valence-corrected chi connectivity index (χ2v) is 6.35. The van der Waals surface area contributed by atoms with Gasteiger partial charge in [-0.25, -0.2) is 0 Å². The number of aryl methyl sites for hydroxylation is 1. The Labute approximate surface area is 187 Å². The van der Waals surface area contributed by atoms with E-state index in [4.69, 9.17) is 0 Å². The van der Waals surface area contributed by atoms with Crippen LogP contribution >= 0.6 is 24.0 Å². The summed E-state index contributed by atoms with van der Waals surface area (Å²) in [4.78, 5) is 4.40. The van der Waals surface area contributed by atoms with Crippen LogP contribution < -0.4 is 15.4 Å². The lowest BCUT2D eigenvalue weighted by Gasteiger charge is -2.14. The molecule has 5 nitrogen and oxygen atoms in total. The standard InChI is InChI=1S/C21H27F2N3O2.HI/c1-3-24-21(25-13-12-16-6-4-15(2)5-7-16)26-14-19(27)17-8-10-18(11-9-17)28-20(22)23;/h4-11,19-20,27H,3,12-14H2,1-2H3,(H2,24,25,26);1H. The van der Waals surface area contributed by atoms with Crippen LogP contribution in [0, 0.1) is 6.92 Å². The zero-order chi connectivity index (χ0) is 20.4. The van der Waals surface area contributed by atoms with Gasteiger partial charge in [-0.2, -0.15) is 8.78 Å². The highest BCUT2D eigenvalue weighted by molar-refractivity contribution is 14.0. The molecule has 0 aliphatic carbocycles. The molecule has 0 amide bonds. The molecule has 0 bridgehead atoms. The minimum atomic E-state index is -2.87. The van der Waals surface area contributed by atoms with Gasteiger partial charge in [0.1, 0.15) is 5.75 Å². The normalized spacial score (nSPS) is 12.3. The van der Waals surface area contributed by atoms with Crippen molar-refractivity contribution in [2.75, 3.05) is 19.6 Å². The number of aliphatic hydroxyl groups excluding tert-OH is 1. The summed E-state index contributed by atoms with van der Waals surface area (Å²) in [5.41, 5.74) is 3.05. The van der Waals surface area contributed by atoms with Crippen LogP contribution in [-0.2, 0) is 6.42 Å². The van der Waals surface area contributed by atoms with Crippen molar-refractivity contribution in [1.29, 1.82) is 0 Å². The van der Waals surface area contributed by atoms with Gasteiger partial charge in [0.05, 0.1) is 12.6 Å². The van der Waals surface area contributed by atoms with E-state index in [9.17, 15) is 13.9 Å². The summed E-state index contributed by atoms with van der Waals surface area (Å²) >= 11 is 0. The Bertz CT molecular complexity index is 741. The van der Waals surface area contributed by atoms with E-state index in [1.165, 1.54) is 23.3 Å². The molecule has 0 heterocycles. The number of alkyl halides is 2. The van der Waals surface area contributed by atoms with Crippen molar-refractivity contribution in [3.8, 4) is 5.75 Å². The molecular formula is C21H28F2IN3O2. The molecule has 1 unspecified atom stereocenters. The van der Waals surface area contributed by atoms with Crippen LogP contribution in [0.1, 0.15) is 29.7 Å². The van der Waals surface area contributed by atoms with Crippen molar-refractivity contribution in [3.05, 3.63) is 65.2 Å². The van der Waals surface area contributed by atoms with Crippen molar-refractivity contribution >= 4 is 29.9 Å². The van der Waals surface area contributed by atoms with Crippen molar-refractivity contribution in [2.24, 2.45) is 4.99 Å². The van der Waals surface area contributed by atoms with E-state index in [0.717, 1.165) is 6.42 Å². The summed E-state index contributed by atoms with van der Waals surface area (Å²) in [6.45, 7) is 2.72. The Morgan fingerprint density at radius 1 is 1.07 bits per heavy atom. The molecular weight excluding hydrogens is 491 g/mol. The van der Waals surface area contributed by atoms with Crippen LogP contribution in [0.15, 0.2) is 53.5 Å². The fourth-order valence-corrected chi connectivity index (χ4v) is 2.58. The second-order valence-electron chi connectivity index (χ2n) is 6.35. The number of hydrogen-bond acceptors (Lipinski definition) is 3. The van der Waals surface area contributed by atoms with Gasteiger partial charge in [-0.3, -0.25) is 4.99 Å². The molecule has 0 aliphatic rings. The first-order valence-electron chi connectivity index (χ1n) is 9.28. The van der Waals surface area contributed by atoms with E-state index in [-0.39, 0.29) is 36.3 Å². The van der Waals surface area contributed by atoms with E-state index in [1.807, 2.05) is 6.92 Å². The van der Waals surface area contributed by atoms with Gasteiger partial charge in [0, 0.05) is 13.1 Å². The summed E-state index contributed by atoms with van der Waals surface area (Å²) in [7, 11) is 0. The maximum absolute atomic E-state index is 12.2. The number of aliphatic imine (C=N–C) groups is 1. The maximum Gasteiger partial charge on any atom is 0.387 e. The fraction of sp³-hybridized carbons (Fsp3) is 0.381. The van der Waals surface area contributed by atoms with E-state index in [1.54, 1.807) is 12.1 Å². The minimum absolute atomic E-state index is 0. The van der Waals surface area contributed by atoms with Crippen molar-refractivity contribution < 1.29 is 18.6 Å². The van der Waals surface area contributed by atoms with Gasteiger partial charge >= 0.3 is 6.61 Å². The molecule has 0 spiro atoms. The van der Waals surface area contributed by atoms with Gasteiger partial charge in [0.15, 0.2) is 5.96 Å². The molecule has 0 radical (unpaired) electrons. The smallest absolute Gasteiger partial charge is 0.387 e. The highest BCUT2D eigenvalue weighted by atomic mass is 127. The summed E-state index contributed by atoms with van der Waals surface area (Å²) in [5, 5.41) is 16.7. The summed E-state index contributed by atoms with van der Waals surface area (Å²) < 4.78 is 28.7. The largest absolute Gasteiger partial charge is 0.435 e. The first kappa shape index (κ1) is 25.1. The Morgan fingerprint density at radius 3 is 2.31 bits per heavy atom. The van der Waals surface area contributed by atoms with Crippen LogP contribution in [-0.4, -0.2) is 37.3 Å². The Balaban J connectivity index is 0.00000420. The number of guanidine groups is 1. The number of rotatable bonds is 9. The lowest BCUT2D eigenvalue weighted by Crippen LogP contribution is -2.38. The lowest BCUT2D eigenvalue weighted by molar-refractivity contribution is -0.0498. The summed E-state index contributed by atoms with van der Waals surface area (Å²) in [5.74, 6) is 0.673. The minimum Gasteiger partial charge on any atom is -0.435 e. The van der Waals surface area contributed by atoms with Gasteiger partial charge in [-0.15, -0.1) is 24.0 Å². The van der Waals surface area contributed by atoms with Crippen LogP contribution in [0.4, 0.5) is 8.78 Å². The zero-order valence-corrected chi connectivity index (χ0v) is 18.9. The molecule has 0 fully saturated rings. The predicted molar refractivity (Wildman–Crippen MR) is 122 cm³/mol. The molecule has 0 saturated carbocycles. The average Bonchev–Trinajstić information content (AvgIpc) is 2.67. The predicted octanol–water partition coefficient (Wildman–Crippen LogP) is 4.05. The number of benzene rings is 2. The summed E-state index contributed by atoms with van der Waals surface area (Å²) in [6.07, 6.45) is 0.0203. The maximum atomic E-state index is 12.2. The third-order valence-electron chi connectivity index (χ3n) is 4.08. The Hall–Kier alpha value is -1.94. The molecule has 160 valence electrons. The van der Waals surface area contributed by atoms with E-state index >= 15 is 0 Å². The fourth-order valence-electron chi connectivity index (χ4n) is 2.58. The molecule has 0 aromatic heterocycles. The SMILES string of the molecule is CCNC(=NCC(O)c1ccc(OC(F)F)cc1)NCCc1ccc(C)cc1.I. The van der Waals surface area contributed by atoms with Gasteiger partial charge in [-0.05, 0) is 43.5 Å². The Kier molecular flexibility index (Phi) is 11.5. The highest BCUT2D eigenvalue weighted by Gasteiger charge is 2.09. The van der Waals surface area contributed by atoms with Gasteiger partial charge in [-0.1, -0.05) is 42.0 Å². The molecule has 0 saturated heterocycles. The van der Waals surface area contributed by atoms with E-state index in [2.05, 4.69) is 51.6 Å². The third-order valence-corrected chi connectivity index (χ3v) is 4.08. The first-order valence-corrected chi connectivity index (χ1v) is 9.28. The molecule has 29 heavy (non-hydrogen) atoms. The topological polar surface area (TPSA) is 65.9 Å². The average molecular weight is 519 g/mol.